The lowest BCUT2D eigenvalue weighted by atomic mass is 10.3. The molecule has 1 aromatic rings. The van der Waals surface area contributed by atoms with Gasteiger partial charge >= 0.3 is 0 Å². The van der Waals surface area contributed by atoms with Gasteiger partial charge in [-0.3, -0.25) is 0 Å². The largest absolute Gasteiger partial charge is 0.399 e. The molecule has 0 radical (unpaired) electrons. The van der Waals surface area contributed by atoms with Gasteiger partial charge in [0, 0.05) is 10.2 Å². The first-order chi connectivity index (χ1) is 4.20. The maximum absolute atomic E-state index is 5.68. The van der Waals surface area contributed by atoms with Crippen LogP contribution in [-0.2, 0) is 0 Å². The van der Waals surface area contributed by atoms with E-state index < -0.39 is 0 Å². The molecule has 0 fully saturated rings. The van der Waals surface area contributed by atoms with Crippen molar-refractivity contribution in [3.05, 3.63) is 27.7 Å². The summed E-state index contributed by atoms with van der Waals surface area (Å²) in [6, 6.07) is 5.27. The Labute approximate surface area is 66.9 Å². The molecule has 0 spiro atoms. The molecule has 1 nitrogen and oxygen atoms in total. The lowest BCUT2D eigenvalue weighted by Crippen LogP contribution is -1.82. The second-order valence-corrected chi connectivity index (χ2v) is 2.94. The first-order valence-corrected chi connectivity index (χ1v) is 3.58. The summed E-state index contributed by atoms with van der Waals surface area (Å²) in [7, 11) is 0. The number of rotatable bonds is 0. The number of hydrogen-bond acceptors (Lipinski definition) is 1. The number of hydrogen-bond donors (Lipinski definition) is 1. The van der Waals surface area contributed by atoms with Gasteiger partial charge in [0.15, 0.2) is 0 Å². The molecule has 1 rings (SSSR count). The fraction of sp³-hybridized carbons (Fsp3) is 0. The fourth-order valence-corrected chi connectivity index (χ4v) is 1.03. The van der Waals surface area contributed by atoms with E-state index in [1.807, 2.05) is 0 Å². The number of nitrogens with two attached hydrogens (primary N) is 1. The summed E-state index contributed by atoms with van der Waals surface area (Å²) in [6.07, 6.45) is 0. The van der Waals surface area contributed by atoms with Crippen LogP contribution in [0.2, 0.25) is 5.02 Å². The second-order valence-electron chi connectivity index (χ2n) is 1.67. The molecular weight excluding hydrogens is 201 g/mol. The summed E-state index contributed by atoms with van der Waals surface area (Å²) in [4.78, 5) is 0. The van der Waals surface area contributed by atoms with Crippen molar-refractivity contribution in [1.29, 1.82) is 0 Å². The van der Waals surface area contributed by atoms with Gasteiger partial charge in [-0.25, -0.2) is 0 Å². The minimum Gasteiger partial charge on any atom is -0.399 e. The molecule has 0 aliphatic carbocycles. The van der Waals surface area contributed by atoms with Gasteiger partial charge in [0.05, 0.1) is 5.02 Å². The van der Waals surface area contributed by atoms with Crippen LogP contribution in [-0.4, -0.2) is 0 Å². The van der Waals surface area contributed by atoms with Gasteiger partial charge in [-0.05, 0) is 34.1 Å². The molecule has 0 atom stereocenters. The highest BCUT2D eigenvalue weighted by Crippen LogP contribution is 2.23. The molecule has 9 heavy (non-hydrogen) atoms. The predicted octanol–water partition coefficient (Wildman–Crippen LogP) is 2.68. The van der Waals surface area contributed by atoms with Crippen molar-refractivity contribution in [3.8, 4) is 0 Å². The van der Waals surface area contributed by atoms with E-state index in [0.29, 0.717) is 10.7 Å². The summed E-state index contributed by atoms with van der Waals surface area (Å²) >= 11 is 8.91. The Morgan fingerprint density at radius 3 is 2.56 bits per heavy atom. The van der Waals surface area contributed by atoms with Crippen LogP contribution in [0.25, 0.3) is 0 Å². The van der Waals surface area contributed by atoms with Crippen molar-refractivity contribution in [2.24, 2.45) is 0 Å². The monoisotopic (exact) mass is 205 g/mol. The Kier molecular flexibility index (Phi) is 1.98. The standard InChI is InChI=1S/C6H5BrClN/c7-5-3-4(9)1-2-6(5)8/h1-3H,9H2. The van der Waals surface area contributed by atoms with E-state index in [1.165, 1.54) is 0 Å². The zero-order valence-corrected chi connectivity index (χ0v) is 6.91. The normalized spacial score (nSPS) is 9.56. The van der Waals surface area contributed by atoms with Crippen molar-refractivity contribution in [1.82, 2.24) is 0 Å². The summed E-state index contributed by atoms with van der Waals surface area (Å²) in [5.74, 6) is 0. The Morgan fingerprint density at radius 2 is 2.11 bits per heavy atom. The van der Waals surface area contributed by atoms with Crippen molar-refractivity contribution < 1.29 is 0 Å². The lowest BCUT2D eigenvalue weighted by molar-refractivity contribution is 1.63. The van der Waals surface area contributed by atoms with Crippen LogP contribution in [0.5, 0.6) is 0 Å². The molecule has 2 N–H and O–H groups in total. The van der Waals surface area contributed by atoms with Crippen LogP contribution in [0.4, 0.5) is 5.69 Å². The van der Waals surface area contributed by atoms with E-state index in [0.717, 1.165) is 4.47 Å². The molecule has 0 bridgehead atoms. The summed E-state index contributed by atoms with van der Waals surface area (Å²) in [5, 5.41) is 0.684. The maximum Gasteiger partial charge on any atom is 0.0549 e. The molecule has 0 heterocycles. The van der Waals surface area contributed by atoms with E-state index in [4.69, 9.17) is 17.3 Å². The van der Waals surface area contributed by atoms with Gasteiger partial charge < -0.3 is 5.73 Å². The van der Waals surface area contributed by atoms with E-state index in [9.17, 15) is 0 Å². The summed E-state index contributed by atoms with van der Waals surface area (Å²) in [6.45, 7) is 0. The zero-order valence-electron chi connectivity index (χ0n) is 4.57. The number of halogens is 2. The lowest BCUT2D eigenvalue weighted by Gasteiger charge is -1.94. The SMILES string of the molecule is Nc1ccc(Cl)c(Br)c1. The van der Waals surface area contributed by atoms with Crippen molar-refractivity contribution >= 4 is 33.2 Å². The van der Waals surface area contributed by atoms with E-state index in [1.54, 1.807) is 18.2 Å². The van der Waals surface area contributed by atoms with E-state index in [2.05, 4.69) is 15.9 Å². The molecule has 0 aliphatic rings. The van der Waals surface area contributed by atoms with Gasteiger partial charge in [-0.15, -0.1) is 0 Å². The van der Waals surface area contributed by atoms with Crippen LogP contribution in [0.3, 0.4) is 0 Å². The zero-order chi connectivity index (χ0) is 6.85. The van der Waals surface area contributed by atoms with Gasteiger partial charge in [0.2, 0.25) is 0 Å². The highest BCUT2D eigenvalue weighted by molar-refractivity contribution is 9.10. The Balaban J connectivity index is 3.17. The van der Waals surface area contributed by atoms with E-state index >= 15 is 0 Å². The molecule has 0 unspecified atom stereocenters. The molecule has 48 valence electrons. The van der Waals surface area contributed by atoms with Gasteiger partial charge in [-0.2, -0.15) is 0 Å². The quantitative estimate of drug-likeness (QED) is 0.649. The van der Waals surface area contributed by atoms with Gasteiger partial charge in [0.1, 0.15) is 0 Å². The first-order valence-electron chi connectivity index (χ1n) is 2.40. The first kappa shape index (κ1) is 6.90. The number of nitrogen functional groups attached to an aromatic ring is 1. The molecule has 0 aromatic heterocycles. The van der Waals surface area contributed by atoms with Gasteiger partial charge in [-0.1, -0.05) is 11.6 Å². The fourth-order valence-electron chi connectivity index (χ4n) is 0.512. The summed E-state index contributed by atoms with van der Waals surface area (Å²) < 4.78 is 0.837. The smallest absolute Gasteiger partial charge is 0.0549 e. The van der Waals surface area contributed by atoms with E-state index in [-0.39, 0.29) is 0 Å². The highest BCUT2D eigenvalue weighted by Gasteiger charge is 1.93. The van der Waals surface area contributed by atoms with Crippen LogP contribution in [0, 0.1) is 0 Å². The van der Waals surface area contributed by atoms with Crippen molar-refractivity contribution in [3.63, 3.8) is 0 Å². The molecular formula is C6H5BrClN. The van der Waals surface area contributed by atoms with Crippen molar-refractivity contribution in [2.45, 2.75) is 0 Å². The molecule has 0 saturated heterocycles. The average molecular weight is 206 g/mol. The average Bonchev–Trinajstić information content (AvgIpc) is 1.80. The number of anilines is 1. The summed E-state index contributed by atoms with van der Waals surface area (Å²) in [5.41, 5.74) is 6.15. The van der Waals surface area contributed by atoms with Crippen LogP contribution in [0.1, 0.15) is 0 Å². The second kappa shape index (κ2) is 2.58. The molecule has 0 amide bonds. The third kappa shape index (κ3) is 1.60. The third-order valence-corrected chi connectivity index (χ3v) is 2.16. The van der Waals surface area contributed by atoms with Crippen LogP contribution in [0.15, 0.2) is 22.7 Å². The highest BCUT2D eigenvalue weighted by atomic mass is 79.9. The Hall–Kier alpha value is -0.210. The number of benzene rings is 1. The van der Waals surface area contributed by atoms with Crippen molar-refractivity contribution in [2.75, 3.05) is 5.73 Å². The Morgan fingerprint density at radius 1 is 1.44 bits per heavy atom. The predicted molar refractivity (Wildman–Crippen MR) is 43.6 cm³/mol. The minimum absolute atomic E-state index is 0.684. The molecule has 3 heteroatoms. The molecule has 0 saturated carbocycles. The third-order valence-electron chi connectivity index (χ3n) is 0.944. The van der Waals surface area contributed by atoms with Crippen LogP contribution < -0.4 is 5.73 Å². The molecule has 1 aromatic carbocycles. The van der Waals surface area contributed by atoms with Crippen LogP contribution >= 0.6 is 27.5 Å². The minimum atomic E-state index is 0.684. The van der Waals surface area contributed by atoms with Gasteiger partial charge in [0.25, 0.3) is 0 Å². The maximum atomic E-state index is 5.68. The molecule has 0 aliphatic heterocycles. The Bertz CT molecular complexity index is 224. The topological polar surface area (TPSA) is 26.0 Å².